The van der Waals surface area contributed by atoms with E-state index in [9.17, 15) is 0 Å². The number of benzene rings is 1. The van der Waals surface area contributed by atoms with Gasteiger partial charge in [-0.15, -0.1) is 0 Å². The van der Waals surface area contributed by atoms with Gasteiger partial charge < -0.3 is 9.73 Å². The number of fused-ring (bicyclic) bond motifs is 1. The van der Waals surface area contributed by atoms with E-state index >= 15 is 0 Å². The molecule has 3 heterocycles. The third-order valence-corrected chi connectivity index (χ3v) is 5.39. The molecule has 0 aliphatic carbocycles. The predicted octanol–water partition coefficient (Wildman–Crippen LogP) is 7.85. The van der Waals surface area contributed by atoms with Gasteiger partial charge in [-0.05, 0) is 74.6 Å². The molecule has 0 saturated heterocycles. The second kappa shape index (κ2) is 7.76. The van der Waals surface area contributed by atoms with Crippen LogP contribution in [0, 0.1) is 12.3 Å². The Morgan fingerprint density at radius 3 is 2.45 bits per heavy atom. The van der Waals surface area contributed by atoms with Gasteiger partial charge in [-0.25, -0.2) is 4.98 Å². The van der Waals surface area contributed by atoms with Crippen molar-refractivity contribution in [2.24, 2.45) is 5.41 Å². The van der Waals surface area contributed by atoms with Gasteiger partial charge in [-0.3, -0.25) is 4.40 Å². The Morgan fingerprint density at radius 1 is 1.00 bits per heavy atom. The molecule has 0 fully saturated rings. The summed E-state index contributed by atoms with van der Waals surface area (Å²) in [6.07, 6.45) is 3.07. The normalized spacial score (nSPS) is 12.5. The Kier molecular flexibility index (Phi) is 5.38. The molecular formula is C26H30ClN3O. The highest BCUT2D eigenvalue weighted by molar-refractivity contribution is 6.30. The van der Waals surface area contributed by atoms with Gasteiger partial charge in [0.1, 0.15) is 22.9 Å². The molecule has 1 aromatic carbocycles. The third-order valence-electron chi connectivity index (χ3n) is 5.16. The number of nitrogens with zero attached hydrogens (tertiary/aromatic N) is 2. The van der Waals surface area contributed by atoms with E-state index in [1.807, 2.05) is 36.4 Å². The summed E-state index contributed by atoms with van der Waals surface area (Å²) in [6, 6.07) is 15.8. The van der Waals surface area contributed by atoms with E-state index in [4.69, 9.17) is 21.0 Å². The maximum absolute atomic E-state index is 6.25. The lowest BCUT2D eigenvalue weighted by atomic mass is 9.82. The predicted molar refractivity (Wildman–Crippen MR) is 130 cm³/mol. The highest BCUT2D eigenvalue weighted by Gasteiger charge is 2.28. The van der Waals surface area contributed by atoms with Crippen molar-refractivity contribution in [3.05, 3.63) is 65.3 Å². The highest BCUT2D eigenvalue weighted by atomic mass is 35.5. The molecule has 0 saturated carbocycles. The summed E-state index contributed by atoms with van der Waals surface area (Å²) in [4.78, 5) is 4.93. The fourth-order valence-corrected chi connectivity index (χ4v) is 4.58. The maximum Gasteiger partial charge on any atom is 0.157 e. The average Bonchev–Trinajstić information content (AvgIpc) is 3.24. The summed E-state index contributed by atoms with van der Waals surface area (Å²) >= 11 is 6.17. The summed E-state index contributed by atoms with van der Waals surface area (Å²) in [5.74, 6) is 2.44. The molecule has 4 nitrogen and oxygen atoms in total. The number of anilines is 1. The third kappa shape index (κ3) is 4.80. The lowest BCUT2D eigenvalue weighted by Gasteiger charge is -2.34. The zero-order chi connectivity index (χ0) is 22.4. The first-order valence-electron chi connectivity index (χ1n) is 10.6. The largest absolute Gasteiger partial charge is 0.454 e. The molecule has 0 bridgehead atoms. The van der Waals surface area contributed by atoms with E-state index in [1.54, 1.807) is 0 Å². The topological polar surface area (TPSA) is 42.5 Å². The number of furan rings is 1. The van der Waals surface area contributed by atoms with E-state index in [0.717, 1.165) is 40.7 Å². The number of aromatic nitrogens is 2. The van der Waals surface area contributed by atoms with Crippen LogP contribution in [0.25, 0.3) is 28.4 Å². The number of halogens is 1. The Labute approximate surface area is 189 Å². The van der Waals surface area contributed by atoms with Gasteiger partial charge in [0.15, 0.2) is 5.76 Å². The van der Waals surface area contributed by atoms with Crippen molar-refractivity contribution in [2.45, 2.75) is 53.5 Å². The molecule has 162 valence electrons. The molecule has 0 radical (unpaired) electrons. The van der Waals surface area contributed by atoms with Gasteiger partial charge in [-0.2, -0.15) is 0 Å². The molecule has 0 spiro atoms. The molecule has 0 aliphatic heterocycles. The van der Waals surface area contributed by atoms with Crippen molar-refractivity contribution >= 4 is 23.1 Å². The van der Waals surface area contributed by atoms with Crippen LogP contribution in [0.5, 0.6) is 0 Å². The fraction of sp³-hybridized carbons (Fsp3) is 0.346. The smallest absolute Gasteiger partial charge is 0.157 e. The first-order chi connectivity index (χ1) is 14.5. The van der Waals surface area contributed by atoms with Gasteiger partial charge in [0.05, 0.1) is 0 Å². The zero-order valence-electron chi connectivity index (χ0n) is 19.1. The number of hydrogen-bond acceptors (Lipinski definition) is 3. The minimum Gasteiger partial charge on any atom is -0.454 e. The number of hydrogen-bond donors (Lipinski definition) is 1. The molecule has 3 aromatic heterocycles. The van der Waals surface area contributed by atoms with Crippen LogP contribution in [0.3, 0.4) is 0 Å². The number of rotatable bonds is 5. The van der Waals surface area contributed by atoms with Crippen molar-refractivity contribution < 1.29 is 4.42 Å². The number of pyridine rings is 1. The van der Waals surface area contributed by atoms with Gasteiger partial charge in [0.2, 0.25) is 0 Å². The maximum atomic E-state index is 6.25. The fourth-order valence-electron chi connectivity index (χ4n) is 4.39. The van der Waals surface area contributed by atoms with Crippen LogP contribution in [0.2, 0.25) is 5.02 Å². The van der Waals surface area contributed by atoms with Gasteiger partial charge >= 0.3 is 0 Å². The van der Waals surface area contributed by atoms with Gasteiger partial charge in [0.25, 0.3) is 0 Å². The van der Waals surface area contributed by atoms with E-state index in [0.29, 0.717) is 5.02 Å². The van der Waals surface area contributed by atoms with Crippen LogP contribution >= 0.6 is 11.6 Å². The second-order valence-corrected chi connectivity index (χ2v) is 10.6. The van der Waals surface area contributed by atoms with E-state index < -0.39 is 0 Å². The van der Waals surface area contributed by atoms with Crippen molar-refractivity contribution in [1.82, 2.24) is 9.38 Å². The van der Waals surface area contributed by atoms with Crippen molar-refractivity contribution in [3.63, 3.8) is 0 Å². The lowest BCUT2D eigenvalue weighted by Crippen LogP contribution is -2.36. The molecular weight excluding hydrogens is 406 g/mol. The van der Waals surface area contributed by atoms with E-state index in [-0.39, 0.29) is 11.0 Å². The van der Waals surface area contributed by atoms with Crippen LogP contribution in [-0.4, -0.2) is 14.9 Å². The SMILES string of the molecule is Cc1ccn2c(NC(C)(C)CC(C)(C)C)c(-c3ccc(-c4cccc(Cl)c4)o3)nc2c1. The van der Waals surface area contributed by atoms with Crippen molar-refractivity contribution in [3.8, 4) is 22.8 Å². The molecule has 0 atom stereocenters. The molecule has 31 heavy (non-hydrogen) atoms. The molecule has 4 aromatic rings. The van der Waals surface area contributed by atoms with Crippen LogP contribution in [0.4, 0.5) is 5.82 Å². The Balaban J connectivity index is 1.80. The lowest BCUT2D eigenvalue weighted by molar-refractivity contribution is 0.302. The standard InChI is InChI=1S/C26H30ClN3O/c1-17-12-13-30-22(14-17)28-23(24(30)29-26(5,6)16-25(2,3)4)21-11-10-20(31-21)18-8-7-9-19(27)15-18/h7-15,29H,16H2,1-6H3. The molecule has 0 aliphatic rings. The molecule has 5 heteroatoms. The van der Waals surface area contributed by atoms with Crippen molar-refractivity contribution in [2.75, 3.05) is 5.32 Å². The minimum atomic E-state index is -0.129. The molecule has 1 N–H and O–H groups in total. The quantitative estimate of drug-likeness (QED) is 0.347. The Hall–Kier alpha value is -2.72. The summed E-state index contributed by atoms with van der Waals surface area (Å²) in [5.41, 5.74) is 3.88. The minimum absolute atomic E-state index is 0.129. The number of nitrogens with one attached hydrogen (secondary N) is 1. The summed E-state index contributed by atoms with van der Waals surface area (Å²) in [5, 5.41) is 4.45. The summed E-state index contributed by atoms with van der Waals surface area (Å²) in [7, 11) is 0. The monoisotopic (exact) mass is 435 g/mol. The van der Waals surface area contributed by atoms with Crippen molar-refractivity contribution in [1.29, 1.82) is 0 Å². The first-order valence-corrected chi connectivity index (χ1v) is 11.0. The van der Waals surface area contributed by atoms with Crippen LogP contribution in [0.15, 0.2) is 59.1 Å². The van der Waals surface area contributed by atoms with E-state index in [1.165, 1.54) is 5.56 Å². The second-order valence-electron chi connectivity index (χ2n) is 10.2. The molecule has 4 rings (SSSR count). The summed E-state index contributed by atoms with van der Waals surface area (Å²) < 4.78 is 8.36. The van der Waals surface area contributed by atoms with Crippen LogP contribution in [-0.2, 0) is 0 Å². The van der Waals surface area contributed by atoms with E-state index in [2.05, 4.69) is 69.6 Å². The number of aryl methyl sites for hydroxylation is 1. The molecule has 0 amide bonds. The summed E-state index contributed by atoms with van der Waals surface area (Å²) in [6.45, 7) is 13.3. The van der Waals surface area contributed by atoms with Crippen LogP contribution in [0.1, 0.15) is 46.6 Å². The Bertz CT molecular complexity index is 1230. The molecule has 0 unspecified atom stereocenters. The first kappa shape index (κ1) is 21.5. The van der Waals surface area contributed by atoms with Gasteiger partial charge in [-0.1, -0.05) is 44.5 Å². The zero-order valence-corrected chi connectivity index (χ0v) is 19.8. The number of imidazole rings is 1. The van der Waals surface area contributed by atoms with Crippen LogP contribution < -0.4 is 5.32 Å². The average molecular weight is 436 g/mol. The highest BCUT2D eigenvalue weighted by Crippen LogP contribution is 2.37. The Morgan fingerprint density at radius 2 is 1.74 bits per heavy atom. The van der Waals surface area contributed by atoms with Gasteiger partial charge in [0, 0.05) is 22.3 Å².